The molecule has 0 amide bonds. The van der Waals surface area contributed by atoms with Crippen molar-refractivity contribution in [3.05, 3.63) is 35.4 Å². The molecule has 7 rings (SSSR count). The Balaban J connectivity index is 1.15. The fraction of sp³-hybridized carbons (Fsp3) is 0.720. The highest BCUT2D eigenvalue weighted by atomic mass is 17.3. The quantitative estimate of drug-likeness (QED) is 0.495. The van der Waals surface area contributed by atoms with Gasteiger partial charge in [0, 0.05) is 24.7 Å². The number of carbonyl (C=O) groups is 1. The Hall–Kier alpha value is -1.43. The SMILES string of the molecule is CCOC(=O)c1cccc(C2CCC3(CC2)OOC2(O3)C3CC4CC(C3)CC2C4)c1. The molecule has 30 heavy (non-hydrogen) atoms. The first kappa shape index (κ1) is 19.3. The zero-order valence-corrected chi connectivity index (χ0v) is 17.8. The van der Waals surface area contributed by atoms with Crippen LogP contribution in [0.1, 0.15) is 86.6 Å². The maximum Gasteiger partial charge on any atom is 0.338 e. The van der Waals surface area contributed by atoms with Gasteiger partial charge in [-0.25, -0.2) is 4.79 Å². The molecule has 0 unspecified atom stereocenters. The molecule has 6 fully saturated rings. The molecular weight excluding hydrogens is 380 g/mol. The molecule has 5 nitrogen and oxygen atoms in total. The zero-order chi connectivity index (χ0) is 20.3. The summed E-state index contributed by atoms with van der Waals surface area (Å²) in [6.45, 7) is 2.23. The van der Waals surface area contributed by atoms with Crippen molar-refractivity contribution in [1.82, 2.24) is 0 Å². The normalized spacial score (nSPS) is 44.1. The molecule has 0 aromatic heterocycles. The molecule has 4 bridgehead atoms. The van der Waals surface area contributed by atoms with Crippen molar-refractivity contribution in [2.75, 3.05) is 6.61 Å². The van der Waals surface area contributed by atoms with E-state index in [9.17, 15) is 4.79 Å². The minimum Gasteiger partial charge on any atom is -0.462 e. The summed E-state index contributed by atoms with van der Waals surface area (Å²) in [6.07, 6.45) is 10.0. The summed E-state index contributed by atoms with van der Waals surface area (Å²) in [5.41, 5.74) is 1.84. The summed E-state index contributed by atoms with van der Waals surface area (Å²) in [7, 11) is 0. The molecule has 1 aromatic carbocycles. The van der Waals surface area contributed by atoms with Crippen LogP contribution in [0.4, 0.5) is 0 Å². The van der Waals surface area contributed by atoms with E-state index < -0.39 is 11.6 Å². The van der Waals surface area contributed by atoms with Crippen molar-refractivity contribution >= 4 is 5.97 Å². The lowest BCUT2D eigenvalue weighted by molar-refractivity contribution is -0.390. The second-order valence-electron chi connectivity index (χ2n) is 10.3. The van der Waals surface area contributed by atoms with Gasteiger partial charge in [0.25, 0.3) is 0 Å². The topological polar surface area (TPSA) is 54.0 Å². The molecule has 0 radical (unpaired) electrons. The predicted octanol–water partition coefficient (Wildman–Crippen LogP) is 5.35. The van der Waals surface area contributed by atoms with E-state index in [1.807, 2.05) is 25.1 Å². The third-order valence-electron chi connectivity index (χ3n) is 8.56. The summed E-state index contributed by atoms with van der Waals surface area (Å²) < 4.78 is 12.0. The standard InChI is InChI=1S/C25H32O5/c1-2-27-23(26)20-5-3-4-19(15-20)18-6-8-24(9-7-18)28-25(30-29-24)21-11-16-10-17(13-21)14-22(25)12-16/h3-5,15-18,21-22H,2,6-14H2,1H3. The number of hydrogen-bond acceptors (Lipinski definition) is 5. The molecular formula is C25H32O5. The van der Waals surface area contributed by atoms with E-state index in [-0.39, 0.29) is 5.97 Å². The van der Waals surface area contributed by atoms with Gasteiger partial charge in [-0.05, 0) is 87.3 Å². The van der Waals surface area contributed by atoms with Crippen molar-refractivity contribution < 1.29 is 24.0 Å². The Kier molecular flexibility index (Phi) is 4.52. The molecule has 1 aliphatic heterocycles. The molecule has 5 saturated carbocycles. The third kappa shape index (κ3) is 2.96. The van der Waals surface area contributed by atoms with Crippen molar-refractivity contribution in [3.63, 3.8) is 0 Å². The highest BCUT2D eigenvalue weighted by Gasteiger charge is 2.66. The second kappa shape index (κ2) is 7.04. The lowest BCUT2D eigenvalue weighted by Gasteiger charge is -2.57. The summed E-state index contributed by atoms with van der Waals surface area (Å²) in [6, 6.07) is 7.91. The van der Waals surface area contributed by atoms with Crippen LogP contribution in [-0.2, 0) is 19.2 Å². The van der Waals surface area contributed by atoms with Crippen LogP contribution in [0.3, 0.4) is 0 Å². The first-order valence-electron chi connectivity index (χ1n) is 11.9. The highest BCUT2D eigenvalue weighted by molar-refractivity contribution is 5.89. The van der Waals surface area contributed by atoms with Gasteiger partial charge < -0.3 is 9.47 Å². The maximum atomic E-state index is 12.1. The maximum absolute atomic E-state index is 12.1. The zero-order valence-electron chi connectivity index (χ0n) is 17.8. The van der Waals surface area contributed by atoms with E-state index in [1.165, 1.54) is 37.7 Å². The molecule has 1 saturated heterocycles. The Morgan fingerprint density at radius 3 is 2.40 bits per heavy atom. The minimum atomic E-state index is -0.579. The minimum absolute atomic E-state index is 0.244. The van der Waals surface area contributed by atoms with Crippen molar-refractivity contribution in [2.45, 2.75) is 82.2 Å². The van der Waals surface area contributed by atoms with Gasteiger partial charge in [0.05, 0.1) is 12.2 Å². The van der Waals surface area contributed by atoms with Crippen LogP contribution in [-0.4, -0.2) is 24.2 Å². The van der Waals surface area contributed by atoms with E-state index in [0.29, 0.717) is 29.9 Å². The van der Waals surface area contributed by atoms with Crippen LogP contribution in [0.15, 0.2) is 24.3 Å². The number of carbonyl (C=O) groups excluding carboxylic acids is 1. The van der Waals surface area contributed by atoms with E-state index in [2.05, 4.69) is 6.07 Å². The van der Waals surface area contributed by atoms with Gasteiger partial charge in [0.1, 0.15) is 0 Å². The van der Waals surface area contributed by atoms with Crippen LogP contribution >= 0.6 is 0 Å². The third-order valence-corrected chi connectivity index (χ3v) is 8.56. The van der Waals surface area contributed by atoms with Gasteiger partial charge >= 0.3 is 5.97 Å². The smallest absolute Gasteiger partial charge is 0.338 e. The number of rotatable bonds is 3. The van der Waals surface area contributed by atoms with Gasteiger partial charge in [-0.3, -0.25) is 0 Å². The second-order valence-corrected chi connectivity index (χ2v) is 10.3. The van der Waals surface area contributed by atoms with E-state index in [4.69, 9.17) is 19.2 Å². The number of esters is 1. The van der Waals surface area contributed by atoms with E-state index in [0.717, 1.165) is 37.5 Å². The Labute approximate surface area is 178 Å². The molecule has 1 aromatic rings. The molecule has 0 atom stereocenters. The molecule has 6 aliphatic rings. The lowest BCUT2D eigenvalue weighted by Crippen LogP contribution is -2.59. The predicted molar refractivity (Wildman–Crippen MR) is 109 cm³/mol. The summed E-state index contributed by atoms with van der Waals surface area (Å²) >= 11 is 0. The summed E-state index contributed by atoms with van der Waals surface area (Å²) in [4.78, 5) is 24.3. The Bertz CT molecular complexity index is 797. The number of benzene rings is 1. The van der Waals surface area contributed by atoms with Gasteiger partial charge in [-0.1, -0.05) is 12.1 Å². The fourth-order valence-electron chi connectivity index (χ4n) is 7.32. The molecule has 5 heteroatoms. The largest absolute Gasteiger partial charge is 0.462 e. The molecule has 0 N–H and O–H groups in total. The van der Waals surface area contributed by atoms with Gasteiger partial charge in [0.2, 0.25) is 11.6 Å². The molecule has 1 heterocycles. The van der Waals surface area contributed by atoms with Crippen LogP contribution in [0, 0.1) is 23.7 Å². The summed E-state index contributed by atoms with van der Waals surface area (Å²) in [5, 5.41) is 0. The van der Waals surface area contributed by atoms with Crippen molar-refractivity contribution in [2.24, 2.45) is 23.7 Å². The van der Waals surface area contributed by atoms with Crippen molar-refractivity contribution in [3.8, 4) is 0 Å². The van der Waals surface area contributed by atoms with Crippen LogP contribution < -0.4 is 0 Å². The van der Waals surface area contributed by atoms with E-state index >= 15 is 0 Å². The average Bonchev–Trinajstić information content (AvgIpc) is 3.12. The van der Waals surface area contributed by atoms with Gasteiger partial charge in [0.15, 0.2) is 0 Å². The van der Waals surface area contributed by atoms with E-state index in [1.54, 1.807) is 0 Å². The highest BCUT2D eigenvalue weighted by Crippen LogP contribution is 2.64. The Morgan fingerprint density at radius 2 is 1.73 bits per heavy atom. The van der Waals surface area contributed by atoms with Crippen molar-refractivity contribution in [1.29, 1.82) is 0 Å². The molecule has 162 valence electrons. The molecule has 2 spiro atoms. The number of ether oxygens (including phenoxy) is 2. The first-order valence-corrected chi connectivity index (χ1v) is 11.9. The van der Waals surface area contributed by atoms with Crippen LogP contribution in [0.25, 0.3) is 0 Å². The van der Waals surface area contributed by atoms with Crippen LogP contribution in [0.5, 0.6) is 0 Å². The molecule has 5 aliphatic carbocycles. The summed E-state index contributed by atoms with van der Waals surface area (Å²) in [5.74, 6) is 1.88. The van der Waals surface area contributed by atoms with Gasteiger partial charge in [-0.15, -0.1) is 0 Å². The first-order chi connectivity index (χ1) is 14.6. The average molecular weight is 413 g/mol. The fourth-order valence-corrected chi connectivity index (χ4v) is 7.32. The van der Waals surface area contributed by atoms with Gasteiger partial charge in [-0.2, -0.15) is 9.78 Å². The van der Waals surface area contributed by atoms with Crippen LogP contribution in [0.2, 0.25) is 0 Å². The lowest BCUT2D eigenvalue weighted by atomic mass is 9.53. The monoisotopic (exact) mass is 412 g/mol. The number of hydrogen-bond donors (Lipinski definition) is 0. The Morgan fingerprint density at radius 1 is 1.03 bits per heavy atom.